The quantitative estimate of drug-likeness (QED) is 0.840. The summed E-state index contributed by atoms with van der Waals surface area (Å²) in [5, 5.41) is 0.699. The smallest absolute Gasteiger partial charge is 0.268 e. The van der Waals surface area contributed by atoms with Crippen LogP contribution in [0.2, 0.25) is 0 Å². The summed E-state index contributed by atoms with van der Waals surface area (Å²) >= 11 is 1.37. The van der Waals surface area contributed by atoms with E-state index in [1.54, 1.807) is 3.96 Å². The van der Waals surface area contributed by atoms with Crippen molar-refractivity contribution in [3.63, 3.8) is 0 Å². The Morgan fingerprint density at radius 3 is 2.79 bits per heavy atom. The largest absolute Gasteiger partial charge is 0.375 e. The van der Waals surface area contributed by atoms with E-state index < -0.39 is 0 Å². The van der Waals surface area contributed by atoms with Crippen molar-refractivity contribution in [2.45, 2.75) is 44.2 Å². The van der Waals surface area contributed by atoms with Crippen LogP contribution in [0.4, 0.5) is 0 Å². The standard InChI is InChI=1S/C18H22N2O3S/c21-16(13-20-17(22)14-5-1-2-6-15(14)24-20)19-10-3-7-18(9-11-19)8-4-12-23-18/h1-2,5-6H,3-4,7-13H2/t18-/m1/s1. The van der Waals surface area contributed by atoms with E-state index in [0.29, 0.717) is 5.39 Å². The van der Waals surface area contributed by atoms with E-state index >= 15 is 0 Å². The van der Waals surface area contributed by atoms with Crippen LogP contribution in [0.1, 0.15) is 32.1 Å². The Morgan fingerprint density at radius 2 is 2.00 bits per heavy atom. The van der Waals surface area contributed by atoms with E-state index in [-0.39, 0.29) is 23.6 Å². The Hall–Kier alpha value is -1.66. The third-order valence-corrected chi connectivity index (χ3v) is 6.33. The van der Waals surface area contributed by atoms with E-state index in [2.05, 4.69) is 0 Å². The molecule has 2 aromatic rings. The second kappa shape index (κ2) is 6.33. The fourth-order valence-corrected chi connectivity index (χ4v) is 4.90. The number of rotatable bonds is 2. The maximum atomic E-state index is 12.7. The van der Waals surface area contributed by atoms with Gasteiger partial charge in [-0.3, -0.25) is 13.5 Å². The van der Waals surface area contributed by atoms with Gasteiger partial charge in [0.05, 0.1) is 15.7 Å². The molecule has 1 aromatic carbocycles. The summed E-state index contributed by atoms with van der Waals surface area (Å²) in [6.07, 6.45) is 5.18. The molecule has 128 valence electrons. The molecule has 0 saturated carbocycles. The Morgan fingerprint density at radius 1 is 1.17 bits per heavy atom. The summed E-state index contributed by atoms with van der Waals surface area (Å²) in [6, 6.07) is 7.52. The highest BCUT2D eigenvalue weighted by atomic mass is 32.1. The lowest BCUT2D eigenvalue weighted by Gasteiger charge is -2.26. The minimum Gasteiger partial charge on any atom is -0.375 e. The van der Waals surface area contributed by atoms with Crippen LogP contribution >= 0.6 is 11.5 Å². The number of likely N-dealkylation sites (tertiary alicyclic amines) is 1. The summed E-state index contributed by atoms with van der Waals surface area (Å²) in [7, 11) is 0. The lowest BCUT2D eigenvalue weighted by Crippen LogP contribution is -2.37. The van der Waals surface area contributed by atoms with Gasteiger partial charge in [0.2, 0.25) is 5.91 Å². The monoisotopic (exact) mass is 346 g/mol. The molecule has 1 aromatic heterocycles. The Labute approximate surface area is 145 Å². The number of ether oxygens (including phenoxy) is 1. The molecule has 0 aliphatic carbocycles. The first-order valence-corrected chi connectivity index (χ1v) is 9.45. The maximum absolute atomic E-state index is 12.7. The van der Waals surface area contributed by atoms with Crippen LogP contribution in [-0.2, 0) is 16.1 Å². The Balaban J connectivity index is 1.47. The van der Waals surface area contributed by atoms with Gasteiger partial charge in [-0.25, -0.2) is 0 Å². The normalized spacial score (nSPS) is 24.6. The van der Waals surface area contributed by atoms with Crippen LogP contribution in [0, 0.1) is 0 Å². The van der Waals surface area contributed by atoms with Crippen LogP contribution in [0.5, 0.6) is 0 Å². The molecular formula is C18H22N2O3S. The van der Waals surface area contributed by atoms with E-state index in [9.17, 15) is 9.59 Å². The molecule has 6 heteroatoms. The van der Waals surface area contributed by atoms with Gasteiger partial charge in [-0.15, -0.1) is 0 Å². The topological polar surface area (TPSA) is 51.5 Å². The summed E-state index contributed by atoms with van der Waals surface area (Å²) in [4.78, 5) is 27.0. The molecule has 1 atom stereocenters. The van der Waals surface area contributed by atoms with Crippen molar-refractivity contribution >= 4 is 27.5 Å². The second-order valence-electron chi connectivity index (χ2n) is 6.80. The number of amides is 1. The zero-order valence-corrected chi connectivity index (χ0v) is 14.5. The first kappa shape index (κ1) is 15.8. The molecular weight excluding hydrogens is 324 g/mol. The molecule has 5 nitrogen and oxygen atoms in total. The van der Waals surface area contributed by atoms with Crippen LogP contribution in [0.25, 0.3) is 10.1 Å². The molecule has 1 amide bonds. The van der Waals surface area contributed by atoms with Gasteiger partial charge in [0, 0.05) is 19.7 Å². The van der Waals surface area contributed by atoms with Crippen molar-refractivity contribution in [3.05, 3.63) is 34.6 Å². The van der Waals surface area contributed by atoms with Gasteiger partial charge in [-0.2, -0.15) is 0 Å². The van der Waals surface area contributed by atoms with Gasteiger partial charge < -0.3 is 9.64 Å². The molecule has 2 aliphatic rings. The number of hydrogen-bond acceptors (Lipinski definition) is 4. The summed E-state index contributed by atoms with van der Waals surface area (Å²) in [5.41, 5.74) is -0.0573. The van der Waals surface area contributed by atoms with E-state index in [0.717, 1.165) is 56.5 Å². The minimum atomic E-state index is -0.0608. The number of fused-ring (bicyclic) bond motifs is 1. The van der Waals surface area contributed by atoms with Crippen molar-refractivity contribution < 1.29 is 9.53 Å². The molecule has 2 aliphatic heterocycles. The van der Waals surface area contributed by atoms with Gasteiger partial charge in [-0.1, -0.05) is 23.7 Å². The third-order valence-electron chi connectivity index (χ3n) is 5.27. The lowest BCUT2D eigenvalue weighted by atomic mass is 9.92. The van der Waals surface area contributed by atoms with Gasteiger partial charge in [0.15, 0.2) is 0 Å². The summed E-state index contributed by atoms with van der Waals surface area (Å²) in [5.74, 6) is 0.0405. The van der Waals surface area contributed by atoms with Crippen LogP contribution < -0.4 is 5.56 Å². The molecule has 4 rings (SSSR count). The molecule has 0 unspecified atom stereocenters. The van der Waals surface area contributed by atoms with Crippen LogP contribution in [-0.4, -0.2) is 40.1 Å². The first-order chi connectivity index (χ1) is 11.7. The Bertz CT molecular complexity index is 804. The van der Waals surface area contributed by atoms with Crippen molar-refractivity contribution in [3.8, 4) is 0 Å². The summed E-state index contributed by atoms with van der Waals surface area (Å²) < 4.78 is 8.49. The molecule has 2 fully saturated rings. The van der Waals surface area contributed by atoms with E-state index in [4.69, 9.17) is 4.74 Å². The number of carbonyl (C=O) groups is 1. The van der Waals surface area contributed by atoms with Gasteiger partial charge >= 0.3 is 0 Å². The molecule has 3 heterocycles. The lowest BCUT2D eigenvalue weighted by molar-refractivity contribution is -0.131. The SMILES string of the molecule is O=C(Cn1sc2ccccc2c1=O)N1CCC[C@@]2(CCCO2)CC1. The molecule has 24 heavy (non-hydrogen) atoms. The molecule has 0 bridgehead atoms. The third kappa shape index (κ3) is 2.89. The highest BCUT2D eigenvalue weighted by molar-refractivity contribution is 7.13. The Kier molecular flexibility index (Phi) is 4.18. The number of benzene rings is 1. The zero-order chi connectivity index (χ0) is 16.6. The van der Waals surface area contributed by atoms with E-state index in [1.165, 1.54) is 11.5 Å². The van der Waals surface area contributed by atoms with Crippen LogP contribution in [0.15, 0.2) is 29.1 Å². The molecule has 0 radical (unpaired) electrons. The maximum Gasteiger partial charge on any atom is 0.268 e. The molecule has 2 saturated heterocycles. The fraction of sp³-hybridized carbons (Fsp3) is 0.556. The van der Waals surface area contributed by atoms with Crippen molar-refractivity contribution in [1.29, 1.82) is 0 Å². The predicted molar refractivity (Wildman–Crippen MR) is 94.4 cm³/mol. The minimum absolute atomic E-state index is 0.00345. The highest BCUT2D eigenvalue weighted by Gasteiger charge is 2.37. The fourth-order valence-electron chi connectivity index (χ4n) is 3.91. The van der Waals surface area contributed by atoms with Crippen molar-refractivity contribution in [2.24, 2.45) is 0 Å². The molecule has 0 N–H and O–H groups in total. The summed E-state index contributed by atoms with van der Waals surface area (Å²) in [6.45, 7) is 2.50. The van der Waals surface area contributed by atoms with Gasteiger partial charge in [0.1, 0.15) is 6.54 Å². The highest BCUT2D eigenvalue weighted by Crippen LogP contribution is 2.35. The molecule has 1 spiro atoms. The number of hydrogen-bond donors (Lipinski definition) is 0. The second-order valence-corrected chi connectivity index (χ2v) is 7.86. The number of aromatic nitrogens is 1. The average Bonchev–Trinajstić information content (AvgIpc) is 3.09. The van der Waals surface area contributed by atoms with Crippen LogP contribution in [0.3, 0.4) is 0 Å². The first-order valence-electron chi connectivity index (χ1n) is 8.68. The average molecular weight is 346 g/mol. The van der Waals surface area contributed by atoms with Gasteiger partial charge in [-0.05, 0) is 44.2 Å². The van der Waals surface area contributed by atoms with Crippen molar-refractivity contribution in [2.75, 3.05) is 19.7 Å². The number of carbonyl (C=O) groups excluding carboxylic acids is 1. The van der Waals surface area contributed by atoms with Crippen molar-refractivity contribution in [1.82, 2.24) is 8.86 Å². The zero-order valence-electron chi connectivity index (χ0n) is 13.7. The number of nitrogens with zero attached hydrogens (tertiary/aromatic N) is 2. The van der Waals surface area contributed by atoms with E-state index in [1.807, 2.05) is 29.2 Å². The predicted octanol–water partition coefficient (Wildman–Crippen LogP) is 2.62. The van der Waals surface area contributed by atoms with Gasteiger partial charge in [0.25, 0.3) is 5.56 Å².